The number of hydrogen-bond acceptors (Lipinski definition) is 5. The molecule has 86 valence electrons. The van der Waals surface area contributed by atoms with Crippen molar-refractivity contribution in [1.82, 2.24) is 4.72 Å². The molecule has 0 unspecified atom stereocenters. The number of methoxy groups -OCH3 is 1. The Morgan fingerprint density at radius 1 is 1.44 bits per heavy atom. The topological polar surface area (TPSA) is 50.7 Å². The summed E-state index contributed by atoms with van der Waals surface area (Å²) >= 11 is 1.47. The van der Waals surface area contributed by atoms with Gasteiger partial charge >= 0.3 is 5.97 Å². The molecule has 1 N–H and O–H groups in total. The number of nitrogens with one attached hydrogen (secondary N) is 1. The first kappa shape index (κ1) is 12.6. The van der Waals surface area contributed by atoms with Gasteiger partial charge in [-0.1, -0.05) is 13.8 Å². The fraction of sp³-hybridized carbons (Fsp3) is 0.273. The quantitative estimate of drug-likeness (QED) is 0.603. The molecule has 0 bridgehead atoms. The molecule has 0 saturated carbocycles. The summed E-state index contributed by atoms with van der Waals surface area (Å²) in [5, 5.41) is 0. The zero-order valence-electron chi connectivity index (χ0n) is 9.48. The molecule has 1 aromatic rings. The highest BCUT2D eigenvalue weighted by Gasteiger charge is 2.11. The van der Waals surface area contributed by atoms with Gasteiger partial charge in [-0.25, -0.2) is 9.79 Å². The van der Waals surface area contributed by atoms with E-state index in [1.54, 1.807) is 18.5 Å². The highest BCUT2D eigenvalue weighted by molar-refractivity contribution is 7.98. The Labute approximate surface area is 99.2 Å². The average molecular weight is 238 g/mol. The second kappa shape index (κ2) is 6.17. The van der Waals surface area contributed by atoms with Crippen LogP contribution in [0.5, 0.6) is 0 Å². The molecule has 16 heavy (non-hydrogen) atoms. The third kappa shape index (κ3) is 2.76. The largest absolute Gasteiger partial charge is 0.465 e. The summed E-state index contributed by atoms with van der Waals surface area (Å²) in [5.41, 5.74) is 1.31. The molecule has 0 atom stereocenters. The fourth-order valence-corrected chi connectivity index (χ4v) is 1.72. The van der Waals surface area contributed by atoms with E-state index in [1.165, 1.54) is 19.1 Å². The van der Waals surface area contributed by atoms with Gasteiger partial charge in [-0.3, -0.25) is 0 Å². The molecular formula is C11H14N2O2S. The molecule has 0 saturated heterocycles. The number of nitrogens with zero attached hydrogens (tertiary/aromatic N) is 1. The van der Waals surface area contributed by atoms with Gasteiger partial charge in [0.25, 0.3) is 0 Å². The van der Waals surface area contributed by atoms with E-state index in [0.717, 1.165) is 10.6 Å². The molecular weight excluding hydrogens is 224 g/mol. The average Bonchev–Trinajstić information content (AvgIpc) is 2.39. The second-order valence-corrected chi connectivity index (χ2v) is 3.53. The van der Waals surface area contributed by atoms with Gasteiger partial charge in [-0.2, -0.15) is 0 Å². The molecule has 0 amide bonds. The maximum Gasteiger partial charge on any atom is 0.337 e. The first-order valence-electron chi connectivity index (χ1n) is 4.98. The number of fused-ring (bicyclic) bond motifs is 1. The van der Waals surface area contributed by atoms with Gasteiger partial charge in [0.05, 0.1) is 29.6 Å². The molecule has 0 radical (unpaired) electrons. The van der Waals surface area contributed by atoms with Gasteiger partial charge in [0, 0.05) is 0 Å². The summed E-state index contributed by atoms with van der Waals surface area (Å²) < 4.78 is 7.53. The minimum absolute atomic E-state index is 0.341. The van der Waals surface area contributed by atoms with E-state index in [0.29, 0.717) is 5.56 Å². The Bertz CT molecular complexity index is 405. The van der Waals surface area contributed by atoms with Gasteiger partial charge in [-0.05, 0) is 30.1 Å². The Kier molecular flexibility index (Phi) is 4.85. The minimum atomic E-state index is -0.341. The number of aliphatic imine (C=N–C) groups is 1. The van der Waals surface area contributed by atoms with E-state index in [1.807, 2.05) is 19.9 Å². The van der Waals surface area contributed by atoms with Crippen LogP contribution in [0.15, 0.2) is 28.1 Å². The predicted octanol–water partition coefficient (Wildman–Crippen LogP) is 2.77. The number of carbonyl (C=O) groups is 1. The van der Waals surface area contributed by atoms with E-state index < -0.39 is 0 Å². The van der Waals surface area contributed by atoms with E-state index >= 15 is 0 Å². The highest BCUT2D eigenvalue weighted by Crippen LogP contribution is 2.30. The Morgan fingerprint density at radius 3 is 2.88 bits per heavy atom. The molecule has 0 aliphatic carbocycles. The number of hydrogen-bond donors (Lipinski definition) is 1. The van der Waals surface area contributed by atoms with Gasteiger partial charge < -0.3 is 9.46 Å². The molecule has 2 rings (SSSR count). The molecule has 1 aliphatic rings. The van der Waals surface area contributed by atoms with Gasteiger partial charge in [0.15, 0.2) is 0 Å². The molecule has 0 aromatic heterocycles. The van der Waals surface area contributed by atoms with Crippen molar-refractivity contribution in [1.29, 1.82) is 0 Å². The molecule has 5 heteroatoms. The third-order valence-corrected chi connectivity index (χ3v) is 2.59. The van der Waals surface area contributed by atoms with Crippen LogP contribution in [0, 0.1) is 0 Å². The smallest absolute Gasteiger partial charge is 0.337 e. The first-order valence-corrected chi connectivity index (χ1v) is 5.80. The molecule has 4 nitrogen and oxygen atoms in total. The third-order valence-electron chi connectivity index (χ3n) is 1.81. The lowest BCUT2D eigenvalue weighted by atomic mass is 10.2. The van der Waals surface area contributed by atoms with Gasteiger partial charge in [0.2, 0.25) is 0 Å². The molecule has 1 heterocycles. The van der Waals surface area contributed by atoms with Crippen LogP contribution in [0.2, 0.25) is 0 Å². The molecule has 1 aliphatic heterocycles. The standard InChI is InChI=1S/C9H8N2O2S.C2H6/c1-13-9(12)6-2-3-8-7(4-6)10-5-11-14-8;1-2/h2-5H,1H3,(H,10,11);1-2H3. The van der Waals surface area contributed by atoms with Crippen molar-refractivity contribution in [3.05, 3.63) is 23.8 Å². The Morgan fingerprint density at radius 2 is 2.19 bits per heavy atom. The van der Waals surface area contributed by atoms with Gasteiger partial charge in [0.1, 0.15) is 0 Å². The zero-order chi connectivity index (χ0) is 12.0. The van der Waals surface area contributed by atoms with Crippen LogP contribution >= 0.6 is 11.9 Å². The van der Waals surface area contributed by atoms with Crippen LogP contribution in [-0.4, -0.2) is 19.4 Å². The van der Waals surface area contributed by atoms with E-state index in [-0.39, 0.29) is 5.97 Å². The lowest BCUT2D eigenvalue weighted by molar-refractivity contribution is 0.0600. The number of rotatable bonds is 1. The number of ether oxygens (including phenoxy) is 1. The second-order valence-electron chi connectivity index (χ2n) is 2.65. The Balaban J connectivity index is 0.000000606. The molecule has 0 fully saturated rings. The summed E-state index contributed by atoms with van der Waals surface area (Å²) in [5.74, 6) is -0.341. The Hall–Kier alpha value is -1.49. The van der Waals surface area contributed by atoms with Crippen molar-refractivity contribution in [3.8, 4) is 0 Å². The summed E-state index contributed by atoms with van der Waals surface area (Å²) in [6.07, 6.45) is 1.59. The van der Waals surface area contributed by atoms with Crippen LogP contribution < -0.4 is 4.72 Å². The summed E-state index contributed by atoms with van der Waals surface area (Å²) in [7, 11) is 1.36. The maximum atomic E-state index is 11.2. The number of esters is 1. The minimum Gasteiger partial charge on any atom is -0.465 e. The lowest BCUT2D eigenvalue weighted by Gasteiger charge is -2.10. The number of carbonyl (C=O) groups excluding carboxylic acids is 1. The van der Waals surface area contributed by atoms with Gasteiger partial charge in [-0.15, -0.1) is 0 Å². The van der Waals surface area contributed by atoms with E-state index in [9.17, 15) is 4.79 Å². The predicted molar refractivity (Wildman–Crippen MR) is 66.3 cm³/mol. The van der Waals surface area contributed by atoms with Crippen molar-refractivity contribution in [2.75, 3.05) is 7.11 Å². The van der Waals surface area contributed by atoms with Crippen molar-refractivity contribution >= 4 is 29.9 Å². The molecule has 0 spiro atoms. The summed E-state index contributed by atoms with van der Waals surface area (Å²) in [6, 6.07) is 5.28. The fourth-order valence-electron chi connectivity index (χ4n) is 1.14. The van der Waals surface area contributed by atoms with Crippen molar-refractivity contribution in [3.63, 3.8) is 0 Å². The van der Waals surface area contributed by atoms with Crippen molar-refractivity contribution in [2.45, 2.75) is 18.7 Å². The van der Waals surface area contributed by atoms with Crippen LogP contribution in [0.1, 0.15) is 24.2 Å². The van der Waals surface area contributed by atoms with Crippen molar-refractivity contribution in [2.24, 2.45) is 4.99 Å². The van der Waals surface area contributed by atoms with Crippen LogP contribution in [-0.2, 0) is 4.74 Å². The van der Waals surface area contributed by atoms with Crippen LogP contribution in [0.25, 0.3) is 0 Å². The lowest BCUT2D eigenvalue weighted by Crippen LogP contribution is -2.05. The van der Waals surface area contributed by atoms with Crippen molar-refractivity contribution < 1.29 is 9.53 Å². The highest BCUT2D eigenvalue weighted by atomic mass is 32.2. The SMILES string of the molecule is CC.COC(=O)c1ccc2c(c1)N=CNS2. The summed E-state index contributed by atoms with van der Waals surface area (Å²) in [6.45, 7) is 4.00. The normalized spacial score (nSPS) is 11.7. The van der Waals surface area contributed by atoms with Crippen LogP contribution in [0.4, 0.5) is 5.69 Å². The number of benzene rings is 1. The van der Waals surface area contributed by atoms with E-state index in [4.69, 9.17) is 0 Å². The zero-order valence-corrected chi connectivity index (χ0v) is 10.3. The first-order chi connectivity index (χ1) is 7.81. The maximum absolute atomic E-state index is 11.2. The van der Waals surface area contributed by atoms with Crippen LogP contribution in [0.3, 0.4) is 0 Å². The molecule has 1 aromatic carbocycles. The summed E-state index contributed by atoms with van der Waals surface area (Å²) in [4.78, 5) is 16.3. The monoisotopic (exact) mass is 238 g/mol. The van der Waals surface area contributed by atoms with E-state index in [2.05, 4.69) is 14.5 Å².